The molecule has 1 aromatic heterocycles. The molecule has 1 aliphatic rings. The third kappa shape index (κ3) is 3.05. The molecular weight excluding hydrogens is 266 g/mol. The first-order valence-corrected chi connectivity index (χ1v) is 7.48. The molecule has 0 saturated heterocycles. The van der Waals surface area contributed by atoms with Crippen molar-refractivity contribution in [3.63, 3.8) is 0 Å². The Hall–Kier alpha value is -1.56. The highest BCUT2D eigenvalue weighted by molar-refractivity contribution is 5.91. The lowest BCUT2D eigenvalue weighted by molar-refractivity contribution is -0.127. The van der Waals surface area contributed by atoms with Gasteiger partial charge >= 0.3 is 0 Å². The van der Waals surface area contributed by atoms with Crippen molar-refractivity contribution in [2.24, 2.45) is 23.0 Å². The zero-order valence-corrected chi connectivity index (χ0v) is 13.5. The largest absolute Gasteiger partial charge is 0.327 e. The average Bonchev–Trinajstić information content (AvgIpc) is 2.40. The molecule has 6 nitrogen and oxygen atoms in total. The van der Waals surface area contributed by atoms with Gasteiger partial charge in [0.2, 0.25) is 11.9 Å². The van der Waals surface area contributed by atoms with E-state index in [1.165, 1.54) is 0 Å². The van der Waals surface area contributed by atoms with Crippen LogP contribution in [0, 0.1) is 31.1 Å². The third-order valence-electron chi connectivity index (χ3n) is 5.15. The molecule has 0 radical (unpaired) electrons. The summed E-state index contributed by atoms with van der Waals surface area (Å²) in [6, 6.07) is 0.156. The summed E-state index contributed by atoms with van der Waals surface area (Å²) in [5.41, 5.74) is 7.54. The van der Waals surface area contributed by atoms with E-state index in [2.05, 4.69) is 41.3 Å². The van der Waals surface area contributed by atoms with Gasteiger partial charge in [0.1, 0.15) is 0 Å². The summed E-state index contributed by atoms with van der Waals surface area (Å²) in [6.45, 7) is 10.0. The molecule has 1 saturated carbocycles. The SMILES string of the molecule is Cc1nnc(NC(=O)C2CCC(N)C(C)C2(C)C)nc1C. The summed E-state index contributed by atoms with van der Waals surface area (Å²) < 4.78 is 0. The molecule has 1 heterocycles. The number of amides is 1. The highest BCUT2D eigenvalue weighted by Crippen LogP contribution is 2.44. The second-order valence-electron chi connectivity index (χ2n) is 6.70. The molecule has 2 rings (SSSR count). The summed E-state index contributed by atoms with van der Waals surface area (Å²) in [5.74, 6) is 0.448. The van der Waals surface area contributed by atoms with Crippen LogP contribution < -0.4 is 11.1 Å². The van der Waals surface area contributed by atoms with Gasteiger partial charge in [0.25, 0.3) is 0 Å². The average molecular weight is 291 g/mol. The minimum atomic E-state index is -0.144. The predicted molar refractivity (Wildman–Crippen MR) is 81.6 cm³/mol. The maximum atomic E-state index is 12.6. The van der Waals surface area contributed by atoms with Gasteiger partial charge in [-0.3, -0.25) is 10.1 Å². The smallest absolute Gasteiger partial charge is 0.249 e. The first kappa shape index (κ1) is 15.8. The lowest BCUT2D eigenvalue weighted by atomic mass is 9.61. The summed E-state index contributed by atoms with van der Waals surface area (Å²) in [4.78, 5) is 16.8. The zero-order valence-electron chi connectivity index (χ0n) is 13.5. The quantitative estimate of drug-likeness (QED) is 0.867. The normalized spacial score (nSPS) is 28.2. The van der Waals surface area contributed by atoms with Gasteiger partial charge in [0.15, 0.2) is 0 Å². The maximum Gasteiger partial charge on any atom is 0.249 e. The molecule has 0 aliphatic heterocycles. The molecule has 3 atom stereocenters. The second kappa shape index (κ2) is 5.67. The second-order valence-corrected chi connectivity index (χ2v) is 6.70. The molecule has 0 aromatic carbocycles. The van der Waals surface area contributed by atoms with Crippen LogP contribution in [0.2, 0.25) is 0 Å². The Morgan fingerprint density at radius 3 is 2.52 bits per heavy atom. The number of carbonyl (C=O) groups excluding carboxylic acids is 1. The number of aromatic nitrogens is 3. The van der Waals surface area contributed by atoms with Gasteiger partial charge in [-0.25, -0.2) is 4.98 Å². The first-order valence-electron chi connectivity index (χ1n) is 7.48. The van der Waals surface area contributed by atoms with Crippen LogP contribution in [0.1, 0.15) is 45.0 Å². The molecule has 6 heteroatoms. The minimum Gasteiger partial charge on any atom is -0.327 e. The molecule has 21 heavy (non-hydrogen) atoms. The van der Waals surface area contributed by atoms with Gasteiger partial charge in [-0.15, -0.1) is 5.10 Å². The van der Waals surface area contributed by atoms with E-state index in [4.69, 9.17) is 5.73 Å². The van der Waals surface area contributed by atoms with E-state index in [1.807, 2.05) is 13.8 Å². The maximum absolute atomic E-state index is 12.6. The van der Waals surface area contributed by atoms with Crippen molar-refractivity contribution in [2.75, 3.05) is 5.32 Å². The molecule has 1 amide bonds. The molecule has 1 aromatic rings. The number of hydrogen-bond donors (Lipinski definition) is 2. The van der Waals surface area contributed by atoms with Crippen LogP contribution in [0.3, 0.4) is 0 Å². The fourth-order valence-electron chi connectivity index (χ4n) is 3.03. The monoisotopic (exact) mass is 291 g/mol. The summed E-state index contributed by atoms with van der Waals surface area (Å²) >= 11 is 0. The molecule has 116 valence electrons. The zero-order chi connectivity index (χ0) is 15.8. The van der Waals surface area contributed by atoms with Gasteiger partial charge in [0.05, 0.1) is 11.4 Å². The fourth-order valence-corrected chi connectivity index (χ4v) is 3.03. The lowest BCUT2D eigenvalue weighted by Crippen LogP contribution is -2.50. The molecule has 1 fully saturated rings. The van der Waals surface area contributed by atoms with Gasteiger partial charge in [-0.1, -0.05) is 20.8 Å². The van der Waals surface area contributed by atoms with Gasteiger partial charge in [-0.05, 0) is 38.0 Å². The number of rotatable bonds is 2. The standard InChI is InChI=1S/C15H25N5O/c1-8-12(16)7-6-11(15(8,4)5)13(21)18-14-17-9(2)10(3)19-20-14/h8,11-12H,6-7,16H2,1-5H3,(H,17,18,20,21). The minimum absolute atomic E-state index is 0.0381. The molecule has 0 bridgehead atoms. The van der Waals surface area contributed by atoms with E-state index in [0.717, 1.165) is 24.2 Å². The number of nitrogens with zero attached hydrogens (tertiary/aromatic N) is 3. The van der Waals surface area contributed by atoms with E-state index < -0.39 is 0 Å². The Labute approximate surface area is 125 Å². The van der Waals surface area contributed by atoms with E-state index in [9.17, 15) is 4.79 Å². The Kier molecular flexibility index (Phi) is 4.27. The molecular formula is C15H25N5O. The van der Waals surface area contributed by atoms with Crippen LogP contribution in [-0.4, -0.2) is 27.1 Å². The number of nitrogens with two attached hydrogens (primary N) is 1. The van der Waals surface area contributed by atoms with Gasteiger partial charge in [-0.2, -0.15) is 5.10 Å². The van der Waals surface area contributed by atoms with Gasteiger partial charge in [0, 0.05) is 12.0 Å². The van der Waals surface area contributed by atoms with Crippen molar-refractivity contribution in [1.82, 2.24) is 15.2 Å². The van der Waals surface area contributed by atoms with Crippen LogP contribution in [0.25, 0.3) is 0 Å². The topological polar surface area (TPSA) is 93.8 Å². The summed E-state index contributed by atoms with van der Waals surface area (Å²) in [6.07, 6.45) is 1.66. The third-order valence-corrected chi connectivity index (χ3v) is 5.15. The predicted octanol–water partition coefficient (Wildman–Crippen LogP) is 1.83. The number of anilines is 1. The number of hydrogen-bond acceptors (Lipinski definition) is 5. The van der Waals surface area contributed by atoms with Crippen molar-refractivity contribution < 1.29 is 4.79 Å². The van der Waals surface area contributed by atoms with Crippen LogP contribution >= 0.6 is 0 Å². The Bertz CT molecular complexity index is 543. The number of nitrogens with one attached hydrogen (secondary N) is 1. The highest BCUT2D eigenvalue weighted by atomic mass is 16.2. The van der Waals surface area contributed by atoms with Crippen LogP contribution in [0.15, 0.2) is 0 Å². The molecule has 3 N–H and O–H groups in total. The van der Waals surface area contributed by atoms with Crippen molar-refractivity contribution in [1.29, 1.82) is 0 Å². The van der Waals surface area contributed by atoms with Crippen molar-refractivity contribution in [3.05, 3.63) is 11.4 Å². The molecule has 0 spiro atoms. The van der Waals surface area contributed by atoms with E-state index in [0.29, 0.717) is 5.92 Å². The van der Waals surface area contributed by atoms with Crippen LogP contribution in [0.5, 0.6) is 0 Å². The Morgan fingerprint density at radius 1 is 1.24 bits per heavy atom. The van der Waals surface area contributed by atoms with Crippen molar-refractivity contribution >= 4 is 11.9 Å². The van der Waals surface area contributed by atoms with Crippen LogP contribution in [-0.2, 0) is 4.79 Å². The van der Waals surface area contributed by atoms with Crippen molar-refractivity contribution in [3.8, 4) is 0 Å². The lowest BCUT2D eigenvalue weighted by Gasteiger charge is -2.45. The summed E-state index contributed by atoms with van der Waals surface area (Å²) in [5, 5.41) is 10.7. The highest BCUT2D eigenvalue weighted by Gasteiger charge is 2.45. The molecule has 3 unspecified atom stereocenters. The summed E-state index contributed by atoms with van der Waals surface area (Å²) in [7, 11) is 0. The van der Waals surface area contributed by atoms with E-state index in [1.54, 1.807) is 0 Å². The van der Waals surface area contributed by atoms with E-state index in [-0.39, 0.29) is 29.2 Å². The first-order chi connectivity index (χ1) is 9.73. The fraction of sp³-hybridized carbons (Fsp3) is 0.733. The number of aryl methyl sites for hydroxylation is 2. The Morgan fingerprint density at radius 2 is 1.90 bits per heavy atom. The van der Waals surface area contributed by atoms with Crippen molar-refractivity contribution in [2.45, 2.75) is 53.5 Å². The van der Waals surface area contributed by atoms with Gasteiger partial charge < -0.3 is 5.73 Å². The van der Waals surface area contributed by atoms with E-state index >= 15 is 0 Å². The molecule has 1 aliphatic carbocycles. The number of carbonyl (C=O) groups is 1. The van der Waals surface area contributed by atoms with Crippen LogP contribution in [0.4, 0.5) is 5.95 Å². The Balaban J connectivity index is 2.14.